The van der Waals surface area contributed by atoms with Gasteiger partial charge in [0.15, 0.2) is 29.0 Å². The molecule has 0 amide bonds. The number of para-hydroxylation sites is 3. The van der Waals surface area contributed by atoms with Crippen molar-refractivity contribution in [3.63, 3.8) is 0 Å². The summed E-state index contributed by atoms with van der Waals surface area (Å²) >= 11 is 0. The van der Waals surface area contributed by atoms with Gasteiger partial charge in [-0.25, -0.2) is 14.7 Å². The van der Waals surface area contributed by atoms with Gasteiger partial charge in [0.2, 0.25) is 0 Å². The molecule has 1 N–H and O–H groups in total. The Hall–Kier alpha value is -5.57. The number of benzene rings is 4. The zero-order valence-corrected chi connectivity index (χ0v) is 25.0. The first-order chi connectivity index (χ1) is 21.6. The zero-order valence-electron chi connectivity index (χ0n) is 25.0. The minimum atomic E-state index is -0.232. The molecule has 2 aliphatic heterocycles. The zero-order chi connectivity index (χ0) is 30.2. The van der Waals surface area contributed by atoms with Crippen LogP contribution in [0, 0.1) is 6.92 Å². The van der Waals surface area contributed by atoms with Crippen LogP contribution < -0.4 is 24.4 Å². The van der Waals surface area contributed by atoms with E-state index >= 15 is 0 Å². The number of hydrogen-bond acceptors (Lipinski definition) is 8. The van der Waals surface area contributed by atoms with Crippen molar-refractivity contribution in [1.29, 1.82) is 0 Å². The van der Waals surface area contributed by atoms with Crippen molar-refractivity contribution in [3.8, 4) is 22.9 Å². The highest BCUT2D eigenvalue weighted by atomic mass is 16.5. The summed E-state index contributed by atoms with van der Waals surface area (Å²) in [5.74, 6) is 4.14. The largest absolute Gasteiger partial charge is 0.494 e. The molecule has 9 nitrogen and oxygen atoms in total. The average molecular weight is 585 g/mol. The Kier molecular flexibility index (Phi) is 6.98. The van der Waals surface area contributed by atoms with Crippen LogP contribution in [0.3, 0.4) is 0 Å². The van der Waals surface area contributed by atoms with E-state index in [4.69, 9.17) is 29.3 Å². The second-order valence-electron chi connectivity index (χ2n) is 10.4. The van der Waals surface area contributed by atoms with Gasteiger partial charge in [0.25, 0.3) is 0 Å². The Balaban J connectivity index is 1.44. The Morgan fingerprint density at radius 3 is 2.32 bits per heavy atom. The number of ether oxygens (including phenoxy) is 3. The second kappa shape index (κ2) is 11.3. The van der Waals surface area contributed by atoms with Crippen LogP contribution in [-0.4, -0.2) is 42.3 Å². The van der Waals surface area contributed by atoms with E-state index in [0.29, 0.717) is 29.8 Å². The minimum absolute atomic E-state index is 0.232. The lowest BCUT2D eigenvalue weighted by Crippen LogP contribution is -2.46. The number of anilines is 2. The van der Waals surface area contributed by atoms with Crippen LogP contribution in [0.15, 0.2) is 107 Å². The number of aromatic nitrogens is 2. The SMILES string of the molecule is CCOc1ccc(C2c3c(C)nn(-c4ccccc4)c3N=C3C(Nc4ccc(OC)c(OC)c4)=Nc4ccccc4N32)cc1. The molecule has 0 saturated heterocycles. The molecule has 5 aromatic rings. The van der Waals surface area contributed by atoms with Crippen LogP contribution in [-0.2, 0) is 0 Å². The van der Waals surface area contributed by atoms with E-state index in [1.807, 2.05) is 97.4 Å². The van der Waals surface area contributed by atoms with Crippen molar-refractivity contribution in [2.45, 2.75) is 19.9 Å². The van der Waals surface area contributed by atoms with Crippen LogP contribution in [0.5, 0.6) is 17.2 Å². The topological polar surface area (TPSA) is 85.5 Å². The molecule has 0 spiro atoms. The summed E-state index contributed by atoms with van der Waals surface area (Å²) in [5.41, 5.74) is 6.54. The van der Waals surface area contributed by atoms with E-state index in [9.17, 15) is 0 Å². The van der Waals surface area contributed by atoms with Crippen LogP contribution in [0.25, 0.3) is 5.69 Å². The summed E-state index contributed by atoms with van der Waals surface area (Å²) in [4.78, 5) is 12.6. The molecule has 1 aromatic heterocycles. The van der Waals surface area contributed by atoms with E-state index in [0.717, 1.165) is 51.1 Å². The fourth-order valence-electron chi connectivity index (χ4n) is 5.83. The maximum absolute atomic E-state index is 5.78. The maximum atomic E-state index is 5.78. The normalized spacial score (nSPS) is 14.9. The quantitative estimate of drug-likeness (QED) is 0.215. The first-order valence-electron chi connectivity index (χ1n) is 14.5. The smallest absolute Gasteiger partial charge is 0.179 e. The predicted molar refractivity (Wildman–Crippen MR) is 174 cm³/mol. The highest BCUT2D eigenvalue weighted by Gasteiger charge is 2.41. The van der Waals surface area contributed by atoms with Gasteiger partial charge in [-0.2, -0.15) is 5.10 Å². The molecule has 220 valence electrons. The highest BCUT2D eigenvalue weighted by molar-refractivity contribution is 6.51. The van der Waals surface area contributed by atoms with Crippen molar-refractivity contribution >= 4 is 34.6 Å². The lowest BCUT2D eigenvalue weighted by molar-refractivity contribution is 0.340. The Morgan fingerprint density at radius 2 is 1.57 bits per heavy atom. The summed E-state index contributed by atoms with van der Waals surface area (Å²) in [6.07, 6.45) is 0. The van der Waals surface area contributed by atoms with Crippen LogP contribution >= 0.6 is 0 Å². The molecule has 2 aliphatic rings. The third kappa shape index (κ3) is 4.63. The summed E-state index contributed by atoms with van der Waals surface area (Å²) in [6, 6.07) is 32.0. The molecule has 0 bridgehead atoms. The number of methoxy groups -OCH3 is 2. The number of aliphatic imine (C=N–C) groups is 2. The average Bonchev–Trinajstić information content (AvgIpc) is 3.40. The summed E-state index contributed by atoms with van der Waals surface area (Å²) in [5, 5.41) is 8.55. The fraction of sp³-hybridized carbons (Fsp3) is 0.171. The Morgan fingerprint density at radius 1 is 0.818 bits per heavy atom. The Labute approximate surface area is 256 Å². The molecule has 4 aromatic carbocycles. The molecule has 7 rings (SSSR count). The lowest BCUT2D eigenvalue weighted by atomic mass is 9.93. The van der Waals surface area contributed by atoms with Gasteiger partial charge in [-0.05, 0) is 67.9 Å². The van der Waals surface area contributed by atoms with Crippen molar-refractivity contribution in [3.05, 3.63) is 114 Å². The van der Waals surface area contributed by atoms with Gasteiger partial charge in [-0.15, -0.1) is 0 Å². The van der Waals surface area contributed by atoms with E-state index in [1.54, 1.807) is 14.2 Å². The first-order valence-corrected chi connectivity index (χ1v) is 14.5. The third-order valence-electron chi connectivity index (χ3n) is 7.79. The van der Waals surface area contributed by atoms with E-state index in [2.05, 4.69) is 28.4 Å². The number of fused-ring (bicyclic) bond motifs is 4. The molecule has 0 fully saturated rings. The molecule has 1 atom stereocenters. The first kappa shape index (κ1) is 27.3. The molecule has 9 heteroatoms. The fourth-order valence-corrected chi connectivity index (χ4v) is 5.83. The highest BCUT2D eigenvalue weighted by Crippen LogP contribution is 2.48. The molecule has 0 radical (unpaired) electrons. The molecule has 3 heterocycles. The molecular weight excluding hydrogens is 552 g/mol. The summed E-state index contributed by atoms with van der Waals surface area (Å²) in [7, 11) is 3.25. The van der Waals surface area contributed by atoms with Crippen molar-refractivity contribution in [2.24, 2.45) is 9.98 Å². The summed E-state index contributed by atoms with van der Waals surface area (Å²) in [6.45, 7) is 4.64. The van der Waals surface area contributed by atoms with Crippen molar-refractivity contribution in [1.82, 2.24) is 9.78 Å². The van der Waals surface area contributed by atoms with Crippen LogP contribution in [0.2, 0.25) is 0 Å². The number of nitrogens with one attached hydrogen (secondary N) is 1. The van der Waals surface area contributed by atoms with E-state index in [1.165, 1.54) is 0 Å². The van der Waals surface area contributed by atoms with Crippen LogP contribution in [0.4, 0.5) is 22.9 Å². The van der Waals surface area contributed by atoms with Gasteiger partial charge in [-0.3, -0.25) is 0 Å². The van der Waals surface area contributed by atoms with Crippen molar-refractivity contribution < 1.29 is 14.2 Å². The molecular formula is C35H32N6O3. The van der Waals surface area contributed by atoms with Crippen molar-refractivity contribution in [2.75, 3.05) is 31.0 Å². The van der Waals surface area contributed by atoms with Gasteiger partial charge >= 0.3 is 0 Å². The number of amidine groups is 2. The van der Waals surface area contributed by atoms with Gasteiger partial charge < -0.3 is 24.4 Å². The summed E-state index contributed by atoms with van der Waals surface area (Å²) < 4.78 is 18.7. The molecule has 0 aliphatic carbocycles. The number of rotatable bonds is 7. The predicted octanol–water partition coefficient (Wildman–Crippen LogP) is 7.39. The minimum Gasteiger partial charge on any atom is -0.494 e. The van der Waals surface area contributed by atoms with E-state index < -0.39 is 0 Å². The number of hydrogen-bond donors (Lipinski definition) is 1. The van der Waals surface area contributed by atoms with Gasteiger partial charge in [0.1, 0.15) is 5.75 Å². The maximum Gasteiger partial charge on any atom is 0.179 e. The lowest BCUT2D eigenvalue weighted by Gasteiger charge is -2.40. The second-order valence-corrected chi connectivity index (χ2v) is 10.4. The standard InChI is InChI=1S/C35H32N6O3/c1-5-44-26-18-15-23(16-19-26)32-31-22(2)39-41(25-11-7-6-8-12-25)34(31)38-35-33(37-27-13-9-10-14-28(27)40(32)35)36-24-17-20-29(42-3)30(21-24)43-4/h6-21,32H,5H2,1-4H3,(H,36,37). The Bertz CT molecular complexity index is 1900. The van der Waals surface area contributed by atoms with Crippen LogP contribution in [0.1, 0.15) is 29.8 Å². The molecule has 1 unspecified atom stereocenters. The van der Waals surface area contributed by atoms with Gasteiger partial charge in [0, 0.05) is 17.3 Å². The van der Waals surface area contributed by atoms with Gasteiger partial charge in [0.05, 0.1) is 49.6 Å². The number of aryl methyl sites for hydroxylation is 1. The monoisotopic (exact) mass is 584 g/mol. The van der Waals surface area contributed by atoms with E-state index in [-0.39, 0.29) is 6.04 Å². The molecule has 0 saturated carbocycles. The molecule has 44 heavy (non-hydrogen) atoms. The van der Waals surface area contributed by atoms with Gasteiger partial charge in [-0.1, -0.05) is 42.5 Å². The number of nitrogens with zero attached hydrogens (tertiary/aromatic N) is 5. The third-order valence-corrected chi connectivity index (χ3v) is 7.79.